The van der Waals surface area contributed by atoms with Gasteiger partial charge in [-0.15, -0.1) is 0 Å². The van der Waals surface area contributed by atoms with Gasteiger partial charge >= 0.3 is 17.9 Å². The lowest BCUT2D eigenvalue weighted by atomic mass is 10.1. The number of rotatable bonds is 61. The van der Waals surface area contributed by atoms with Crippen LogP contribution in [-0.2, 0) is 28.6 Å². The second kappa shape index (κ2) is 66.1. The SMILES string of the molecule is CC/C=C\C/C=C\C/C=C\C/C=C\CCCCCCCCCCC(=O)OCC(COC(=O)CCCCCCCCC/C=C\C/C=C\CCCCCC)OC(=O)CCCCCCCCCCC/C=C\CCCCCCCCCC. The highest BCUT2D eigenvalue weighted by Crippen LogP contribution is 2.16. The summed E-state index contributed by atoms with van der Waals surface area (Å²) in [6, 6.07) is 0. The predicted molar refractivity (Wildman–Crippen MR) is 339 cm³/mol. The molecule has 0 aromatic heterocycles. The number of ether oxygens (including phenoxy) is 3. The Balaban J connectivity index is 4.39. The van der Waals surface area contributed by atoms with Crippen LogP contribution in [0.3, 0.4) is 0 Å². The van der Waals surface area contributed by atoms with Crippen LogP contribution in [0.1, 0.15) is 335 Å². The van der Waals surface area contributed by atoms with Gasteiger partial charge in [-0.25, -0.2) is 0 Å². The molecule has 0 aliphatic heterocycles. The average Bonchev–Trinajstić information content (AvgIpc) is 3.44. The van der Waals surface area contributed by atoms with Gasteiger partial charge in [0.1, 0.15) is 13.2 Å². The summed E-state index contributed by atoms with van der Waals surface area (Å²) >= 11 is 0. The molecule has 0 aromatic rings. The molecule has 0 saturated carbocycles. The minimum atomic E-state index is -0.787. The van der Waals surface area contributed by atoms with Crippen molar-refractivity contribution in [1.29, 1.82) is 0 Å². The molecule has 6 heteroatoms. The van der Waals surface area contributed by atoms with Crippen LogP contribution in [0, 0.1) is 0 Å². The summed E-state index contributed by atoms with van der Waals surface area (Å²) < 4.78 is 17.0. The molecule has 0 saturated heterocycles. The quantitative estimate of drug-likeness (QED) is 0.0261. The second-order valence-corrected chi connectivity index (χ2v) is 22.3. The zero-order chi connectivity index (χ0) is 56.4. The van der Waals surface area contributed by atoms with Crippen molar-refractivity contribution in [3.05, 3.63) is 85.1 Å². The molecule has 0 N–H and O–H groups in total. The molecule has 0 fully saturated rings. The predicted octanol–water partition coefficient (Wildman–Crippen LogP) is 23.1. The molecule has 0 rings (SSSR count). The Labute approximate surface area is 484 Å². The summed E-state index contributed by atoms with van der Waals surface area (Å²) in [6.07, 6.45) is 87.3. The number of hydrogen-bond donors (Lipinski definition) is 0. The first-order chi connectivity index (χ1) is 38.5. The van der Waals surface area contributed by atoms with E-state index < -0.39 is 6.10 Å². The minimum absolute atomic E-state index is 0.0827. The molecule has 78 heavy (non-hydrogen) atoms. The standard InChI is InChI=1S/C72H126O6/c1-4-7-10-13-16-19-22-25-28-31-34-36-38-41-44-47-50-53-56-59-62-65-71(74)77-68-69(67-76-70(73)64-61-58-55-52-49-46-43-40-33-30-27-24-21-18-15-12-9-6-3)78-72(75)66-63-60-57-54-51-48-45-42-39-37-35-32-29-26-23-20-17-14-11-8-5-2/h7,10,16,19,21,24-25,28,30,32-36,69H,4-6,8-9,11-15,17-18,20,22-23,26-27,29,31,37-68H2,1-3H3/b10-7-,19-16-,24-21-,28-25-,33-30-,35-32-,36-34-. The number of carbonyl (C=O) groups excluding carboxylic acids is 3. The van der Waals surface area contributed by atoms with E-state index in [0.717, 1.165) is 103 Å². The van der Waals surface area contributed by atoms with E-state index >= 15 is 0 Å². The lowest BCUT2D eigenvalue weighted by Gasteiger charge is -2.18. The summed E-state index contributed by atoms with van der Waals surface area (Å²) in [4.78, 5) is 38.4. The molecular formula is C72H126O6. The smallest absolute Gasteiger partial charge is 0.306 e. The van der Waals surface area contributed by atoms with E-state index in [1.807, 2.05) is 0 Å². The molecule has 1 atom stereocenters. The topological polar surface area (TPSA) is 78.9 Å². The first-order valence-electron chi connectivity index (χ1n) is 33.6. The van der Waals surface area contributed by atoms with E-state index in [9.17, 15) is 14.4 Å². The second-order valence-electron chi connectivity index (χ2n) is 22.3. The Bertz CT molecular complexity index is 1480. The van der Waals surface area contributed by atoms with E-state index in [1.165, 1.54) is 193 Å². The number of unbranched alkanes of at least 4 members (excludes halogenated alkanes) is 36. The van der Waals surface area contributed by atoms with Crippen LogP contribution in [0.25, 0.3) is 0 Å². The van der Waals surface area contributed by atoms with Gasteiger partial charge in [0.05, 0.1) is 0 Å². The summed E-state index contributed by atoms with van der Waals surface area (Å²) in [5, 5.41) is 0. The van der Waals surface area contributed by atoms with Crippen LogP contribution in [0.5, 0.6) is 0 Å². The van der Waals surface area contributed by atoms with Crippen molar-refractivity contribution >= 4 is 17.9 Å². The molecule has 6 nitrogen and oxygen atoms in total. The number of hydrogen-bond acceptors (Lipinski definition) is 6. The first kappa shape index (κ1) is 74.6. The Morgan fingerprint density at radius 2 is 0.500 bits per heavy atom. The molecule has 0 radical (unpaired) electrons. The fraction of sp³-hybridized carbons (Fsp3) is 0.764. The highest BCUT2D eigenvalue weighted by atomic mass is 16.6. The molecule has 1 unspecified atom stereocenters. The zero-order valence-electron chi connectivity index (χ0n) is 51.7. The fourth-order valence-electron chi connectivity index (χ4n) is 9.58. The van der Waals surface area contributed by atoms with Crippen LogP contribution in [0.2, 0.25) is 0 Å². The number of esters is 3. The van der Waals surface area contributed by atoms with Crippen molar-refractivity contribution in [2.45, 2.75) is 341 Å². The van der Waals surface area contributed by atoms with Crippen LogP contribution >= 0.6 is 0 Å². The number of carbonyl (C=O) groups is 3. The highest BCUT2D eigenvalue weighted by molar-refractivity contribution is 5.71. The van der Waals surface area contributed by atoms with Crippen molar-refractivity contribution in [3.8, 4) is 0 Å². The maximum atomic E-state index is 12.9. The van der Waals surface area contributed by atoms with Gasteiger partial charge in [-0.1, -0.05) is 286 Å². The monoisotopic (exact) mass is 1090 g/mol. The average molecular weight is 1090 g/mol. The third-order valence-corrected chi connectivity index (χ3v) is 14.6. The van der Waals surface area contributed by atoms with Gasteiger partial charge in [0, 0.05) is 19.3 Å². The van der Waals surface area contributed by atoms with Gasteiger partial charge in [-0.2, -0.15) is 0 Å². The molecule has 450 valence electrons. The van der Waals surface area contributed by atoms with E-state index in [0.29, 0.717) is 19.3 Å². The molecule has 0 aromatic carbocycles. The van der Waals surface area contributed by atoms with Crippen molar-refractivity contribution in [2.24, 2.45) is 0 Å². The van der Waals surface area contributed by atoms with Gasteiger partial charge in [0.2, 0.25) is 0 Å². The number of allylic oxidation sites excluding steroid dienone is 14. The molecule has 0 spiro atoms. The molecular weight excluding hydrogens is 961 g/mol. The van der Waals surface area contributed by atoms with E-state index in [-0.39, 0.29) is 31.1 Å². The van der Waals surface area contributed by atoms with E-state index in [1.54, 1.807) is 0 Å². The van der Waals surface area contributed by atoms with Gasteiger partial charge < -0.3 is 14.2 Å². The van der Waals surface area contributed by atoms with Gasteiger partial charge in [-0.05, 0) is 116 Å². The lowest BCUT2D eigenvalue weighted by Crippen LogP contribution is -2.30. The third-order valence-electron chi connectivity index (χ3n) is 14.6. The van der Waals surface area contributed by atoms with Crippen molar-refractivity contribution in [1.82, 2.24) is 0 Å². The summed E-state index contributed by atoms with van der Waals surface area (Å²) in [7, 11) is 0. The Morgan fingerprint density at radius 3 is 0.808 bits per heavy atom. The Hall–Kier alpha value is -3.41. The van der Waals surface area contributed by atoms with Crippen molar-refractivity contribution in [3.63, 3.8) is 0 Å². The Kier molecular flexibility index (Phi) is 63.2. The van der Waals surface area contributed by atoms with Crippen LogP contribution in [0.15, 0.2) is 85.1 Å². The van der Waals surface area contributed by atoms with E-state index in [2.05, 4.69) is 106 Å². The first-order valence-corrected chi connectivity index (χ1v) is 33.6. The van der Waals surface area contributed by atoms with Crippen LogP contribution < -0.4 is 0 Å². The highest BCUT2D eigenvalue weighted by Gasteiger charge is 2.19. The molecule has 0 amide bonds. The summed E-state index contributed by atoms with van der Waals surface area (Å²) in [5.41, 5.74) is 0. The summed E-state index contributed by atoms with van der Waals surface area (Å²) in [6.45, 7) is 6.54. The minimum Gasteiger partial charge on any atom is -0.462 e. The molecule has 0 aliphatic rings. The summed E-state index contributed by atoms with van der Waals surface area (Å²) in [5.74, 6) is -0.884. The van der Waals surface area contributed by atoms with Crippen LogP contribution in [-0.4, -0.2) is 37.2 Å². The molecule has 0 heterocycles. The van der Waals surface area contributed by atoms with Gasteiger partial charge in [0.25, 0.3) is 0 Å². The molecule has 0 bridgehead atoms. The third kappa shape index (κ3) is 63.4. The van der Waals surface area contributed by atoms with E-state index in [4.69, 9.17) is 14.2 Å². The molecule has 0 aliphatic carbocycles. The largest absolute Gasteiger partial charge is 0.462 e. The van der Waals surface area contributed by atoms with Crippen molar-refractivity contribution in [2.75, 3.05) is 13.2 Å². The lowest BCUT2D eigenvalue weighted by molar-refractivity contribution is -0.167. The fourth-order valence-corrected chi connectivity index (χ4v) is 9.58. The maximum absolute atomic E-state index is 12.9. The Morgan fingerprint density at radius 1 is 0.269 bits per heavy atom. The normalized spacial score (nSPS) is 12.6. The van der Waals surface area contributed by atoms with Crippen LogP contribution in [0.4, 0.5) is 0 Å². The van der Waals surface area contributed by atoms with Crippen molar-refractivity contribution < 1.29 is 28.6 Å². The van der Waals surface area contributed by atoms with Gasteiger partial charge in [-0.3, -0.25) is 14.4 Å². The maximum Gasteiger partial charge on any atom is 0.306 e. The van der Waals surface area contributed by atoms with Gasteiger partial charge in [0.15, 0.2) is 6.10 Å². The zero-order valence-corrected chi connectivity index (χ0v) is 51.7.